The molecule has 4 aromatic rings. The van der Waals surface area contributed by atoms with E-state index < -0.39 is 55.6 Å². The number of unbranched alkanes of at least 4 members (excludes halogenated alkanes) is 1. The number of benzene rings is 2. The van der Waals surface area contributed by atoms with E-state index in [1.165, 1.54) is 48.5 Å². The number of para-hydroxylation sites is 1. The Morgan fingerprint density at radius 1 is 0.927 bits per heavy atom. The Bertz CT molecular complexity index is 2120. The molecule has 4 rings (SSSR count). The van der Waals surface area contributed by atoms with Gasteiger partial charge in [0.1, 0.15) is 23.0 Å². The number of hydrogen-bond donors (Lipinski definition) is 5. The number of carboxylic acid groups (broad SMARTS) is 1. The number of rotatable bonds is 20. The molecule has 0 unspecified atom stereocenters. The Morgan fingerprint density at radius 3 is 2.31 bits per heavy atom. The molecule has 0 spiro atoms. The van der Waals surface area contributed by atoms with Crippen LogP contribution in [0.1, 0.15) is 70.7 Å². The summed E-state index contributed by atoms with van der Waals surface area (Å²) in [5, 5.41) is 14.6. The van der Waals surface area contributed by atoms with Crippen molar-refractivity contribution in [3.05, 3.63) is 81.9 Å². The third kappa shape index (κ3) is 12.2. The number of fused-ring (bicyclic) bond motifs is 1. The average Bonchev–Trinajstić information content (AvgIpc) is 3.15. The van der Waals surface area contributed by atoms with E-state index in [2.05, 4.69) is 30.6 Å². The fourth-order valence-corrected chi connectivity index (χ4v) is 5.87. The Morgan fingerprint density at radius 2 is 1.62 bits per heavy atom. The topological polar surface area (TPSA) is 290 Å². The highest BCUT2D eigenvalue weighted by atomic mass is 31.2. The number of ether oxygens (including phenoxy) is 2. The zero-order chi connectivity index (χ0) is 40.0. The molecule has 2 aromatic heterocycles. The standard InChI is InChI=1S/C34H38N7O13P/c1-3-51-55(49,52-4-2)53-18-8-7-17-50-33(48)22-9-5-6-10-25(22)54-26(42)16-15-23(32(46)47)39-29(43)20-11-13-21(14-12-20)37-30(44)24-19-36-28-27(38-24)31(45)41-34(35)40-28/h5-6,9-14,19,23H,3-4,7-8,15-18H2,1-2H3,(H,37,44)(H,39,43)(H,46,47)(H3,35,36,40,41,45)/t23-/m0/s1. The number of nitrogens with two attached hydrogens (primary N) is 1. The van der Waals surface area contributed by atoms with E-state index in [1.54, 1.807) is 13.8 Å². The normalized spacial score (nSPS) is 11.7. The summed E-state index contributed by atoms with van der Waals surface area (Å²) in [6, 6.07) is 9.75. The molecule has 20 nitrogen and oxygen atoms in total. The van der Waals surface area contributed by atoms with E-state index in [-0.39, 0.29) is 78.2 Å². The number of phosphoric acid groups is 1. The van der Waals surface area contributed by atoms with E-state index in [4.69, 9.17) is 28.8 Å². The number of hydrogen-bond acceptors (Lipinski definition) is 16. The Labute approximate surface area is 312 Å². The first-order valence-corrected chi connectivity index (χ1v) is 18.3. The predicted molar refractivity (Wildman–Crippen MR) is 193 cm³/mol. The van der Waals surface area contributed by atoms with Crippen LogP contribution < -0.4 is 26.7 Å². The second-order valence-corrected chi connectivity index (χ2v) is 12.9. The molecule has 2 heterocycles. The molecule has 0 fully saturated rings. The third-order valence-corrected chi connectivity index (χ3v) is 8.90. The van der Waals surface area contributed by atoms with E-state index in [0.29, 0.717) is 12.8 Å². The van der Waals surface area contributed by atoms with Crippen molar-refractivity contribution in [1.29, 1.82) is 0 Å². The number of esters is 2. The minimum absolute atomic E-state index is 0.0200. The summed E-state index contributed by atoms with van der Waals surface area (Å²) in [6.45, 7) is 3.62. The van der Waals surface area contributed by atoms with Gasteiger partial charge in [0.05, 0.1) is 32.6 Å². The van der Waals surface area contributed by atoms with Crippen LogP contribution in [-0.2, 0) is 32.5 Å². The molecule has 21 heteroatoms. The van der Waals surface area contributed by atoms with Crippen molar-refractivity contribution in [2.24, 2.45) is 0 Å². The lowest BCUT2D eigenvalue weighted by Gasteiger charge is -2.16. The van der Waals surface area contributed by atoms with Gasteiger partial charge in [0.25, 0.3) is 11.8 Å². The van der Waals surface area contributed by atoms with Gasteiger partial charge in [-0.25, -0.2) is 24.1 Å². The average molecular weight is 784 g/mol. The number of amides is 2. The molecule has 2 amide bonds. The van der Waals surface area contributed by atoms with Gasteiger partial charge in [0.15, 0.2) is 11.2 Å². The second kappa shape index (κ2) is 19.8. The monoisotopic (exact) mass is 783 g/mol. The number of H-pyrrole nitrogens is 1. The maximum absolute atomic E-state index is 12.9. The summed E-state index contributed by atoms with van der Waals surface area (Å²) in [4.78, 5) is 89.0. The largest absolute Gasteiger partial charge is 0.480 e. The van der Waals surface area contributed by atoms with Crippen LogP contribution in [0.5, 0.6) is 5.75 Å². The number of phosphoric ester groups is 1. The molecule has 0 aliphatic heterocycles. The summed E-state index contributed by atoms with van der Waals surface area (Å²) < 4.78 is 38.3. The van der Waals surface area contributed by atoms with Crippen LogP contribution in [0.15, 0.2) is 59.5 Å². The van der Waals surface area contributed by atoms with Crippen molar-refractivity contribution in [2.75, 3.05) is 37.5 Å². The van der Waals surface area contributed by atoms with Crippen molar-refractivity contribution in [3.8, 4) is 5.75 Å². The molecule has 0 bridgehead atoms. The number of carbonyl (C=O) groups excluding carboxylic acids is 4. The van der Waals surface area contributed by atoms with Gasteiger partial charge in [-0.2, -0.15) is 4.98 Å². The smallest absolute Gasteiger partial charge is 0.474 e. The van der Waals surface area contributed by atoms with Gasteiger partial charge in [-0.15, -0.1) is 0 Å². The molecule has 292 valence electrons. The minimum atomic E-state index is -3.65. The Balaban J connectivity index is 1.25. The second-order valence-electron chi connectivity index (χ2n) is 11.2. The molecule has 1 atom stereocenters. The predicted octanol–water partition coefficient (Wildman–Crippen LogP) is 3.25. The van der Waals surface area contributed by atoms with Crippen molar-refractivity contribution >= 4 is 60.3 Å². The number of nitrogen functional groups attached to an aromatic ring is 1. The molecule has 0 radical (unpaired) electrons. The highest BCUT2D eigenvalue weighted by Gasteiger charge is 2.26. The maximum atomic E-state index is 12.9. The van der Waals surface area contributed by atoms with Crippen molar-refractivity contribution in [1.82, 2.24) is 25.3 Å². The molecule has 0 saturated carbocycles. The first-order valence-electron chi connectivity index (χ1n) is 16.8. The summed E-state index contributed by atoms with van der Waals surface area (Å²) in [7, 11) is -3.65. The zero-order valence-corrected chi connectivity index (χ0v) is 30.5. The minimum Gasteiger partial charge on any atom is -0.480 e. The SMILES string of the molecule is CCOP(=O)(OCC)OCCCCOC(=O)c1ccccc1OC(=O)CC[C@H](NC(=O)c1ccc(NC(=O)c2cnc3[nH]c(N)nc(=O)c3n2)cc1)C(=O)O. The number of anilines is 2. The first kappa shape index (κ1) is 41.7. The van der Waals surface area contributed by atoms with Gasteiger partial charge in [0, 0.05) is 17.7 Å². The van der Waals surface area contributed by atoms with Gasteiger partial charge >= 0.3 is 31.3 Å². The number of aliphatic carboxylic acids is 1. The molecule has 55 heavy (non-hydrogen) atoms. The first-order chi connectivity index (χ1) is 26.3. The lowest BCUT2D eigenvalue weighted by atomic mass is 10.1. The van der Waals surface area contributed by atoms with Gasteiger partial charge in [-0.1, -0.05) is 12.1 Å². The molecule has 0 aliphatic rings. The quantitative estimate of drug-likeness (QED) is 0.0372. The highest BCUT2D eigenvalue weighted by molar-refractivity contribution is 7.48. The van der Waals surface area contributed by atoms with Crippen LogP contribution in [0.4, 0.5) is 11.6 Å². The highest BCUT2D eigenvalue weighted by Crippen LogP contribution is 2.49. The van der Waals surface area contributed by atoms with Crippen LogP contribution in [0.25, 0.3) is 11.2 Å². The van der Waals surface area contributed by atoms with Gasteiger partial charge in [-0.3, -0.25) is 32.7 Å². The summed E-state index contributed by atoms with van der Waals surface area (Å²) in [5.41, 5.74) is 4.62. The lowest BCUT2D eigenvalue weighted by molar-refractivity contribution is -0.140. The summed E-state index contributed by atoms with van der Waals surface area (Å²) in [5.74, 6) is -4.81. The van der Waals surface area contributed by atoms with Crippen LogP contribution in [0.2, 0.25) is 0 Å². The number of carbonyl (C=O) groups is 5. The lowest BCUT2D eigenvalue weighted by Crippen LogP contribution is -2.41. The van der Waals surface area contributed by atoms with Gasteiger partial charge < -0.3 is 35.9 Å². The van der Waals surface area contributed by atoms with Gasteiger partial charge in [-0.05, 0) is 69.5 Å². The van der Waals surface area contributed by atoms with E-state index in [1.807, 2.05) is 0 Å². The fraction of sp³-hybridized carbons (Fsp3) is 0.324. The molecule has 2 aromatic carbocycles. The number of aromatic amines is 1. The van der Waals surface area contributed by atoms with E-state index >= 15 is 0 Å². The van der Waals surface area contributed by atoms with E-state index in [0.717, 1.165) is 6.20 Å². The Hall–Kier alpha value is -6.08. The number of nitrogens with zero attached hydrogens (tertiary/aromatic N) is 3. The third-order valence-electron chi connectivity index (χ3n) is 7.25. The zero-order valence-electron chi connectivity index (χ0n) is 29.6. The van der Waals surface area contributed by atoms with E-state index in [9.17, 15) is 38.4 Å². The van der Waals surface area contributed by atoms with Crippen LogP contribution in [-0.4, -0.2) is 87.2 Å². The molecule has 0 aliphatic carbocycles. The van der Waals surface area contributed by atoms with Crippen LogP contribution >= 0.6 is 7.82 Å². The number of aromatic nitrogens is 4. The molecule has 0 saturated heterocycles. The van der Waals surface area contributed by atoms with Crippen LogP contribution in [0, 0.1) is 0 Å². The maximum Gasteiger partial charge on any atom is 0.474 e. The van der Waals surface area contributed by atoms with Crippen molar-refractivity contribution in [3.63, 3.8) is 0 Å². The van der Waals surface area contributed by atoms with Crippen molar-refractivity contribution < 1.29 is 56.7 Å². The Kier molecular flexibility index (Phi) is 15.0. The number of carboxylic acids is 1. The van der Waals surface area contributed by atoms with Crippen molar-refractivity contribution in [2.45, 2.75) is 45.6 Å². The number of nitrogens with one attached hydrogen (secondary N) is 3. The van der Waals surface area contributed by atoms with Crippen LogP contribution in [0.3, 0.4) is 0 Å². The fourth-order valence-electron chi connectivity index (χ4n) is 4.66. The molecule has 6 N–H and O–H groups in total. The van der Waals surface area contributed by atoms with Gasteiger partial charge in [0.2, 0.25) is 5.95 Å². The molecular weight excluding hydrogens is 745 g/mol. The summed E-state index contributed by atoms with van der Waals surface area (Å²) in [6.07, 6.45) is 1.07. The molecular formula is C34H38N7O13P. The summed E-state index contributed by atoms with van der Waals surface area (Å²) >= 11 is 0.